The number of aromatic nitrogens is 2. The number of nitriles is 4. The highest BCUT2D eigenvalue weighted by atomic mass is 32.1. The van der Waals surface area contributed by atoms with Gasteiger partial charge in [-0.05, 0) is 53.6 Å². The highest BCUT2D eigenvalue weighted by Gasteiger charge is 2.44. The van der Waals surface area contributed by atoms with E-state index in [1.165, 1.54) is 38.7 Å². The summed E-state index contributed by atoms with van der Waals surface area (Å²) in [5, 5.41) is 38.9. The summed E-state index contributed by atoms with van der Waals surface area (Å²) in [7, 11) is 0. The van der Waals surface area contributed by atoms with E-state index in [2.05, 4.69) is 60.7 Å². The van der Waals surface area contributed by atoms with Gasteiger partial charge in [0, 0.05) is 50.8 Å². The number of fused-ring (bicyclic) bond motifs is 3. The molecule has 8 aromatic rings. The van der Waals surface area contributed by atoms with Crippen LogP contribution in [0.3, 0.4) is 0 Å². The van der Waals surface area contributed by atoms with Gasteiger partial charge in [-0.3, -0.25) is 0 Å². The third kappa shape index (κ3) is 7.36. The fourth-order valence-electron chi connectivity index (χ4n) is 6.77. The van der Waals surface area contributed by atoms with E-state index in [-0.39, 0.29) is 11.1 Å². The molecule has 276 valence electrons. The molecule has 2 aromatic carbocycles. The maximum absolute atomic E-state index is 9.33. The van der Waals surface area contributed by atoms with Crippen molar-refractivity contribution in [2.75, 3.05) is 0 Å². The Bertz CT molecular complexity index is 3210. The smallest absolute Gasteiger partial charge is 0.146 e. The second-order valence-corrected chi connectivity index (χ2v) is 19.6. The van der Waals surface area contributed by atoms with Gasteiger partial charge in [0.15, 0.2) is 0 Å². The van der Waals surface area contributed by atoms with Gasteiger partial charge in [-0.2, -0.15) is 21.0 Å². The van der Waals surface area contributed by atoms with E-state index in [9.17, 15) is 21.0 Å². The van der Waals surface area contributed by atoms with Crippen molar-refractivity contribution < 1.29 is 4.74 Å². The van der Waals surface area contributed by atoms with Gasteiger partial charge in [0.2, 0.25) is 0 Å². The van der Waals surface area contributed by atoms with Crippen molar-refractivity contribution >= 4 is 91.3 Å². The lowest BCUT2D eigenvalue weighted by Crippen LogP contribution is -2.39. The molecule has 58 heavy (non-hydrogen) atoms. The van der Waals surface area contributed by atoms with Gasteiger partial charge in [0.1, 0.15) is 56.8 Å². The first-order chi connectivity index (χ1) is 28.4. The van der Waals surface area contributed by atoms with E-state index in [0.717, 1.165) is 54.8 Å². The molecule has 0 fully saturated rings. The van der Waals surface area contributed by atoms with Crippen LogP contribution < -0.4 is 22.9 Å². The third-order valence-electron chi connectivity index (χ3n) is 9.36. The van der Waals surface area contributed by atoms with Crippen molar-refractivity contribution in [2.24, 2.45) is 0 Å². The highest BCUT2D eigenvalue weighted by Crippen LogP contribution is 2.57. The molecular weight excluding hydrogens is 833 g/mol. The molecule has 0 spiro atoms. The van der Waals surface area contributed by atoms with Crippen LogP contribution in [0.1, 0.15) is 26.7 Å². The van der Waals surface area contributed by atoms with Crippen LogP contribution >= 0.6 is 68.0 Å². The number of thiazole rings is 2. The Kier molecular flexibility index (Phi) is 10.3. The third-order valence-corrected chi connectivity index (χ3v) is 16.2. The van der Waals surface area contributed by atoms with Crippen LogP contribution in [0.15, 0.2) is 109 Å². The van der Waals surface area contributed by atoms with E-state index < -0.39 is 5.60 Å². The van der Waals surface area contributed by atoms with Crippen LogP contribution in [0, 0.1) is 45.3 Å². The quantitative estimate of drug-likeness (QED) is 0.149. The normalized spacial score (nSPS) is 13.0. The molecule has 0 bridgehead atoms. The molecule has 7 nitrogen and oxygen atoms in total. The molecule has 0 radical (unpaired) electrons. The molecule has 6 aromatic heterocycles. The number of benzene rings is 2. The predicted octanol–water partition coefficient (Wildman–Crippen LogP) is 8.97. The molecule has 0 saturated carbocycles. The summed E-state index contributed by atoms with van der Waals surface area (Å²) < 4.78 is 10.5. The lowest BCUT2D eigenvalue weighted by Gasteiger charge is -2.38. The Balaban J connectivity index is 1.15. The average molecular weight is 857 g/mol. The van der Waals surface area contributed by atoms with Crippen LogP contribution in [0.4, 0.5) is 0 Å². The molecule has 0 amide bonds. The zero-order valence-electron chi connectivity index (χ0n) is 30.0. The standard InChI is InChI=1S/C45H24N6OS6/c46-21-29(22-47)35-13-11-31(53-35)15-41-50-25-39(55-41)37-17-33-43(57-37)44-34(52-45(33,19-27-7-3-1-4-8-27)20-28-9-5-2-6-10-28)18-38(58-44)40-26-51-42(56-40)16-32-12-14-36(54-32)30(23-48)24-49/h1-18,25-26H,19-20H2/b31-15+,32-16+. The van der Waals surface area contributed by atoms with Crippen molar-refractivity contribution in [2.45, 2.75) is 18.4 Å². The van der Waals surface area contributed by atoms with E-state index in [4.69, 9.17) is 14.7 Å². The van der Waals surface area contributed by atoms with Gasteiger partial charge >= 0.3 is 0 Å². The molecule has 1 aliphatic heterocycles. The topological polar surface area (TPSA) is 130 Å². The summed E-state index contributed by atoms with van der Waals surface area (Å²) in [5.41, 5.74) is 3.03. The highest BCUT2D eigenvalue weighted by molar-refractivity contribution is 7.29. The average Bonchev–Trinajstić information content (AvgIpc) is 4.10. The van der Waals surface area contributed by atoms with Crippen molar-refractivity contribution in [1.82, 2.24) is 9.97 Å². The zero-order chi connectivity index (χ0) is 39.6. The van der Waals surface area contributed by atoms with Gasteiger partial charge in [-0.15, -0.1) is 68.0 Å². The van der Waals surface area contributed by atoms with Gasteiger partial charge in [0.25, 0.3) is 0 Å². The Morgan fingerprint density at radius 3 is 1.53 bits per heavy atom. The van der Waals surface area contributed by atoms with Gasteiger partial charge in [-0.1, -0.05) is 60.7 Å². The lowest BCUT2D eigenvalue weighted by atomic mass is 9.80. The van der Waals surface area contributed by atoms with Gasteiger partial charge in [0.05, 0.1) is 33.5 Å². The van der Waals surface area contributed by atoms with Crippen molar-refractivity contribution in [3.05, 3.63) is 154 Å². The molecule has 0 saturated heterocycles. The summed E-state index contributed by atoms with van der Waals surface area (Å²) in [6, 6.07) is 40.8. The Hall–Kier alpha value is -6.26. The summed E-state index contributed by atoms with van der Waals surface area (Å²) in [4.78, 5) is 16.0. The molecular formula is C45H24N6OS6. The number of hydrogen-bond donors (Lipinski definition) is 0. The number of thiophene rings is 4. The summed E-state index contributed by atoms with van der Waals surface area (Å²) in [6.45, 7) is 0. The summed E-state index contributed by atoms with van der Waals surface area (Å²) in [5.74, 6) is 0.850. The fourth-order valence-corrected chi connectivity index (χ4v) is 13.1. The second kappa shape index (κ2) is 15.9. The molecule has 0 unspecified atom stereocenters. The van der Waals surface area contributed by atoms with E-state index in [1.54, 1.807) is 57.5 Å². The van der Waals surface area contributed by atoms with Crippen LogP contribution in [-0.2, 0) is 18.4 Å². The first-order valence-electron chi connectivity index (χ1n) is 17.7. The van der Waals surface area contributed by atoms with Crippen LogP contribution in [-0.4, -0.2) is 9.97 Å². The first kappa shape index (κ1) is 37.3. The number of hydrogen-bond acceptors (Lipinski definition) is 13. The van der Waals surface area contributed by atoms with Crippen LogP contribution in [0.2, 0.25) is 0 Å². The maximum atomic E-state index is 9.33. The van der Waals surface area contributed by atoms with E-state index >= 15 is 0 Å². The monoisotopic (exact) mass is 856 g/mol. The second-order valence-electron chi connectivity index (χ2n) is 13.1. The first-order valence-corrected chi connectivity index (χ1v) is 22.6. The Labute approximate surface area is 356 Å². The largest absolute Gasteiger partial charge is 0.480 e. The predicted molar refractivity (Wildman–Crippen MR) is 236 cm³/mol. The summed E-state index contributed by atoms with van der Waals surface area (Å²) >= 11 is 9.46. The molecule has 7 heterocycles. The van der Waals surface area contributed by atoms with E-state index in [0.29, 0.717) is 21.9 Å². The Morgan fingerprint density at radius 2 is 1.03 bits per heavy atom. The molecule has 13 heteroatoms. The van der Waals surface area contributed by atoms with Crippen LogP contribution in [0.25, 0.3) is 52.6 Å². The van der Waals surface area contributed by atoms with E-state index in [1.807, 2.05) is 73.1 Å². The van der Waals surface area contributed by atoms with Crippen molar-refractivity contribution in [3.63, 3.8) is 0 Å². The molecule has 0 N–H and O–H groups in total. The van der Waals surface area contributed by atoms with Crippen molar-refractivity contribution in [1.29, 1.82) is 21.0 Å². The number of ether oxygens (including phenoxy) is 1. The number of nitrogens with zero attached hydrogens (tertiary/aromatic N) is 6. The fraction of sp³-hybridized carbons (Fsp3) is 0.0667. The molecule has 9 rings (SSSR count). The molecule has 0 atom stereocenters. The zero-order valence-corrected chi connectivity index (χ0v) is 34.9. The van der Waals surface area contributed by atoms with Crippen LogP contribution in [0.5, 0.6) is 5.75 Å². The minimum absolute atomic E-state index is 0.106. The van der Waals surface area contributed by atoms with Gasteiger partial charge < -0.3 is 4.74 Å². The molecule has 1 aliphatic rings. The Morgan fingerprint density at radius 1 is 0.552 bits per heavy atom. The minimum Gasteiger partial charge on any atom is -0.480 e. The SMILES string of the molecule is N#CC(C#N)=c1cc/c(=C\c2ncc(-c3cc4c(s3)-c3sc(-c5cnc(/C=c6\ccc(=C(C#N)C#N)s6)s5)cc3C(Cc3ccccc3)(Cc3ccccc3)O4)s2)s1. The lowest BCUT2D eigenvalue weighted by molar-refractivity contribution is 0.0649. The van der Waals surface area contributed by atoms with Gasteiger partial charge in [-0.25, -0.2) is 9.97 Å². The van der Waals surface area contributed by atoms with Crippen molar-refractivity contribution in [3.8, 4) is 59.3 Å². The molecule has 0 aliphatic carbocycles. The number of rotatable bonds is 8. The minimum atomic E-state index is -0.701. The maximum Gasteiger partial charge on any atom is 0.146 e. The summed E-state index contributed by atoms with van der Waals surface area (Å²) in [6.07, 6.45) is 9.15.